The van der Waals surface area contributed by atoms with E-state index in [2.05, 4.69) is 17.6 Å². The van der Waals surface area contributed by atoms with Crippen LogP contribution in [0.2, 0.25) is 0 Å². The van der Waals surface area contributed by atoms with Crippen molar-refractivity contribution in [3.63, 3.8) is 0 Å². The van der Waals surface area contributed by atoms with Crippen LogP contribution in [-0.2, 0) is 19.4 Å². The first-order valence-electron chi connectivity index (χ1n) is 8.85. The molecule has 2 aliphatic heterocycles. The molecule has 9 heteroatoms. The Morgan fingerprint density at radius 1 is 1.20 bits per heavy atom. The van der Waals surface area contributed by atoms with Crippen molar-refractivity contribution in [3.05, 3.63) is 0 Å². The fraction of sp³-hybridized carbons (Fsp3) is 0.812. The van der Waals surface area contributed by atoms with E-state index in [0.717, 1.165) is 30.6 Å². The van der Waals surface area contributed by atoms with Crippen LogP contribution in [0.4, 0.5) is 4.79 Å². The van der Waals surface area contributed by atoms with Gasteiger partial charge in [-0.3, -0.25) is 14.5 Å². The van der Waals surface area contributed by atoms with E-state index in [0.29, 0.717) is 5.92 Å². The summed E-state index contributed by atoms with van der Waals surface area (Å²) in [6.45, 7) is 1.88. The van der Waals surface area contributed by atoms with E-state index in [-0.39, 0.29) is 42.8 Å². The third kappa shape index (κ3) is 3.80. The van der Waals surface area contributed by atoms with Crippen LogP contribution in [0.5, 0.6) is 0 Å². The molecule has 25 heavy (non-hydrogen) atoms. The van der Waals surface area contributed by atoms with Crippen molar-refractivity contribution in [2.24, 2.45) is 5.92 Å². The topological polar surface area (TPSA) is 113 Å². The summed E-state index contributed by atoms with van der Waals surface area (Å²) in [7, 11) is -3.15. The van der Waals surface area contributed by atoms with Crippen molar-refractivity contribution in [3.8, 4) is 0 Å². The molecular weight excluding hydrogens is 346 g/mol. The lowest BCUT2D eigenvalue weighted by Gasteiger charge is -2.30. The highest BCUT2D eigenvalue weighted by molar-refractivity contribution is 7.91. The number of carbonyl (C=O) groups is 3. The molecule has 1 spiro atoms. The van der Waals surface area contributed by atoms with Crippen LogP contribution in [0.1, 0.15) is 45.4 Å². The average molecular weight is 371 g/mol. The summed E-state index contributed by atoms with van der Waals surface area (Å²) in [5.41, 5.74) is -1.16. The van der Waals surface area contributed by atoms with E-state index in [1.165, 1.54) is 0 Å². The SMILES string of the molecule is CC1CCC(NC(=O)CN2C(=O)NC3(CCS(=O)(=O)CC3)C2=O)CC1. The van der Waals surface area contributed by atoms with Crippen LogP contribution in [0.3, 0.4) is 0 Å². The molecule has 140 valence electrons. The fourth-order valence-electron chi connectivity index (χ4n) is 3.87. The molecule has 2 saturated heterocycles. The summed E-state index contributed by atoms with van der Waals surface area (Å²) in [4.78, 5) is 37.9. The number of nitrogens with one attached hydrogen (secondary N) is 2. The molecule has 0 aromatic carbocycles. The number of hydrogen-bond donors (Lipinski definition) is 2. The minimum absolute atomic E-state index is 0.0680. The van der Waals surface area contributed by atoms with Crippen molar-refractivity contribution < 1.29 is 22.8 Å². The number of rotatable bonds is 3. The number of nitrogens with zero attached hydrogens (tertiary/aromatic N) is 1. The first kappa shape index (κ1) is 18.2. The molecule has 3 rings (SSSR count). The first-order chi connectivity index (χ1) is 11.7. The smallest absolute Gasteiger partial charge is 0.325 e. The lowest BCUT2D eigenvalue weighted by Crippen LogP contribution is -2.53. The lowest BCUT2D eigenvalue weighted by atomic mass is 9.87. The van der Waals surface area contributed by atoms with Gasteiger partial charge >= 0.3 is 6.03 Å². The average Bonchev–Trinajstić information content (AvgIpc) is 2.77. The standard InChI is InChI=1S/C16H25N3O5S/c1-11-2-4-12(5-3-11)17-13(20)10-19-14(21)16(18-15(19)22)6-8-25(23,24)9-7-16/h11-12H,2-10H2,1H3,(H,17,20)(H,18,22). The van der Waals surface area contributed by atoms with E-state index >= 15 is 0 Å². The summed E-state index contributed by atoms with van der Waals surface area (Å²) >= 11 is 0. The summed E-state index contributed by atoms with van der Waals surface area (Å²) in [6, 6.07) is -0.519. The van der Waals surface area contributed by atoms with E-state index in [9.17, 15) is 22.8 Å². The zero-order chi connectivity index (χ0) is 18.2. The van der Waals surface area contributed by atoms with Crippen molar-refractivity contribution in [2.75, 3.05) is 18.1 Å². The van der Waals surface area contributed by atoms with Gasteiger partial charge in [0.15, 0.2) is 9.84 Å². The zero-order valence-electron chi connectivity index (χ0n) is 14.4. The molecule has 0 aromatic rings. The second kappa shape index (κ2) is 6.59. The van der Waals surface area contributed by atoms with Crippen LogP contribution >= 0.6 is 0 Å². The van der Waals surface area contributed by atoms with Crippen LogP contribution in [-0.4, -0.2) is 60.8 Å². The number of imide groups is 1. The third-order valence-electron chi connectivity index (χ3n) is 5.61. The van der Waals surface area contributed by atoms with Gasteiger partial charge < -0.3 is 10.6 Å². The second-order valence-electron chi connectivity index (χ2n) is 7.58. The summed E-state index contributed by atoms with van der Waals surface area (Å²) in [5.74, 6) is -0.414. The zero-order valence-corrected chi connectivity index (χ0v) is 15.2. The van der Waals surface area contributed by atoms with Gasteiger partial charge in [0.2, 0.25) is 5.91 Å². The number of sulfone groups is 1. The number of carbonyl (C=O) groups excluding carboxylic acids is 3. The molecule has 0 bridgehead atoms. The Hall–Kier alpha value is -1.64. The second-order valence-corrected chi connectivity index (χ2v) is 9.88. The highest BCUT2D eigenvalue weighted by Gasteiger charge is 2.53. The largest absolute Gasteiger partial charge is 0.352 e. The van der Waals surface area contributed by atoms with Gasteiger partial charge in [0, 0.05) is 6.04 Å². The van der Waals surface area contributed by atoms with Gasteiger partial charge in [-0.05, 0) is 44.4 Å². The van der Waals surface area contributed by atoms with Crippen LogP contribution in [0.15, 0.2) is 0 Å². The Bertz CT molecular complexity index is 668. The van der Waals surface area contributed by atoms with E-state index in [4.69, 9.17) is 0 Å². The number of urea groups is 1. The molecule has 1 aliphatic carbocycles. The number of amides is 4. The van der Waals surface area contributed by atoms with Crippen molar-refractivity contribution in [1.82, 2.24) is 15.5 Å². The predicted molar refractivity (Wildman–Crippen MR) is 90.4 cm³/mol. The molecule has 8 nitrogen and oxygen atoms in total. The molecule has 3 fully saturated rings. The van der Waals surface area contributed by atoms with Gasteiger partial charge in [0.05, 0.1) is 11.5 Å². The van der Waals surface area contributed by atoms with Gasteiger partial charge in [-0.1, -0.05) is 6.92 Å². The first-order valence-corrected chi connectivity index (χ1v) is 10.7. The lowest BCUT2D eigenvalue weighted by molar-refractivity contribution is -0.135. The van der Waals surface area contributed by atoms with E-state index in [1.54, 1.807) is 0 Å². The molecule has 3 aliphatic rings. The molecule has 1 saturated carbocycles. The predicted octanol–water partition coefficient (Wildman–Crippen LogP) is 0.181. The van der Waals surface area contributed by atoms with Crippen LogP contribution in [0, 0.1) is 5.92 Å². The molecule has 2 N–H and O–H groups in total. The molecule has 0 atom stereocenters. The van der Waals surface area contributed by atoms with Crippen molar-refractivity contribution >= 4 is 27.7 Å². The monoisotopic (exact) mass is 371 g/mol. The van der Waals surface area contributed by atoms with Gasteiger partial charge in [-0.15, -0.1) is 0 Å². The highest BCUT2D eigenvalue weighted by Crippen LogP contribution is 2.30. The third-order valence-corrected chi connectivity index (χ3v) is 7.26. The number of hydrogen-bond acceptors (Lipinski definition) is 5. The Morgan fingerprint density at radius 2 is 1.80 bits per heavy atom. The molecule has 2 heterocycles. The van der Waals surface area contributed by atoms with Gasteiger partial charge in [0.1, 0.15) is 12.1 Å². The minimum atomic E-state index is -3.15. The van der Waals surface area contributed by atoms with Crippen molar-refractivity contribution in [2.45, 2.75) is 57.0 Å². The van der Waals surface area contributed by atoms with Crippen LogP contribution < -0.4 is 10.6 Å². The summed E-state index contributed by atoms with van der Waals surface area (Å²) < 4.78 is 23.2. The Morgan fingerprint density at radius 3 is 2.40 bits per heavy atom. The normalized spacial score (nSPS) is 31.0. The summed E-state index contributed by atoms with van der Waals surface area (Å²) in [6.07, 6.45) is 4.08. The summed E-state index contributed by atoms with van der Waals surface area (Å²) in [5, 5.41) is 5.52. The maximum Gasteiger partial charge on any atom is 0.325 e. The van der Waals surface area contributed by atoms with Gasteiger partial charge in [-0.2, -0.15) is 0 Å². The van der Waals surface area contributed by atoms with Crippen molar-refractivity contribution in [1.29, 1.82) is 0 Å². The molecule has 0 unspecified atom stereocenters. The van der Waals surface area contributed by atoms with E-state index < -0.39 is 27.3 Å². The molecule has 0 radical (unpaired) electrons. The Labute approximate surface area is 147 Å². The molecular formula is C16H25N3O5S. The fourth-order valence-corrected chi connectivity index (χ4v) is 5.39. The minimum Gasteiger partial charge on any atom is -0.352 e. The maximum atomic E-state index is 12.6. The Kier molecular flexibility index (Phi) is 4.78. The van der Waals surface area contributed by atoms with Gasteiger partial charge in [-0.25, -0.2) is 13.2 Å². The molecule has 0 aromatic heterocycles. The molecule has 4 amide bonds. The highest BCUT2D eigenvalue weighted by atomic mass is 32.2. The van der Waals surface area contributed by atoms with Gasteiger partial charge in [0.25, 0.3) is 5.91 Å². The maximum absolute atomic E-state index is 12.6. The Balaban J connectivity index is 1.58. The quantitative estimate of drug-likeness (QED) is 0.687. The van der Waals surface area contributed by atoms with Crippen LogP contribution in [0.25, 0.3) is 0 Å². The van der Waals surface area contributed by atoms with E-state index in [1.807, 2.05) is 0 Å².